The Morgan fingerprint density at radius 1 is 1.20 bits per heavy atom. The minimum atomic E-state index is -0.358. The number of anilines is 2. The molecule has 1 aliphatic carbocycles. The molecule has 1 saturated carbocycles. The lowest BCUT2D eigenvalue weighted by Crippen LogP contribution is -2.43. The fourth-order valence-corrected chi connectivity index (χ4v) is 5.22. The Morgan fingerprint density at radius 2 is 2.00 bits per heavy atom. The zero-order valence-corrected chi connectivity index (χ0v) is 20.3. The summed E-state index contributed by atoms with van der Waals surface area (Å²) in [4.78, 5) is 19.6. The van der Waals surface area contributed by atoms with Crippen molar-refractivity contribution in [1.82, 2.24) is 19.8 Å². The molecule has 9 heteroatoms. The number of nitrogens with two attached hydrogens (primary N) is 1. The first-order valence-electron chi connectivity index (χ1n) is 12.8. The maximum atomic E-state index is 12.9. The van der Waals surface area contributed by atoms with Crippen LogP contribution in [0.3, 0.4) is 0 Å². The molecule has 5 rings (SSSR count). The van der Waals surface area contributed by atoms with Gasteiger partial charge in [-0.15, -0.1) is 0 Å². The summed E-state index contributed by atoms with van der Waals surface area (Å²) in [5.41, 5.74) is 6.94. The molecule has 1 aromatic heterocycles. The highest BCUT2D eigenvalue weighted by molar-refractivity contribution is 5.77. The second-order valence-corrected chi connectivity index (χ2v) is 9.70. The van der Waals surface area contributed by atoms with Gasteiger partial charge in [0.25, 0.3) is 0 Å². The SMILES string of the molecule is C=C(C1CCC(CN)CC1)n1cc2c(nc1=O)Nc1c(OCCCN3CCNCC3)cccc1O2. The van der Waals surface area contributed by atoms with Crippen molar-refractivity contribution in [2.75, 3.05) is 51.2 Å². The lowest BCUT2D eigenvalue weighted by molar-refractivity contribution is 0.214. The monoisotopic (exact) mass is 480 g/mol. The average molecular weight is 481 g/mol. The number of benzene rings is 1. The van der Waals surface area contributed by atoms with E-state index in [1.165, 1.54) is 4.57 Å². The molecule has 0 atom stereocenters. The van der Waals surface area contributed by atoms with Crippen LogP contribution in [-0.2, 0) is 0 Å². The smallest absolute Gasteiger partial charge is 0.354 e. The van der Waals surface area contributed by atoms with Crippen LogP contribution in [0.5, 0.6) is 17.2 Å². The van der Waals surface area contributed by atoms with E-state index in [4.69, 9.17) is 15.2 Å². The van der Waals surface area contributed by atoms with E-state index >= 15 is 0 Å². The molecule has 3 heterocycles. The fraction of sp³-hybridized carbons (Fsp3) is 0.538. The standard InChI is InChI=1S/C26H36N6O3/c1-18(20-8-6-19(16-27)7-9-20)32-17-23-25(30-26(32)33)29-24-21(4-2-5-22(24)35-23)34-15-3-12-31-13-10-28-11-14-31/h2,4-5,17,19-20,28H,1,3,6-16,27H2,(H,29,30,33). The first-order chi connectivity index (χ1) is 17.1. The minimum Gasteiger partial charge on any atom is -0.491 e. The molecule has 4 N–H and O–H groups in total. The van der Waals surface area contributed by atoms with Crippen LogP contribution in [0.1, 0.15) is 32.1 Å². The number of nitrogens with zero attached hydrogens (tertiary/aromatic N) is 3. The molecule has 1 aromatic carbocycles. The maximum Gasteiger partial charge on any atom is 0.354 e. The highest BCUT2D eigenvalue weighted by Crippen LogP contribution is 2.45. The molecule has 0 amide bonds. The van der Waals surface area contributed by atoms with Gasteiger partial charge in [-0.25, -0.2) is 4.79 Å². The zero-order valence-electron chi connectivity index (χ0n) is 20.3. The van der Waals surface area contributed by atoms with Crippen molar-refractivity contribution in [2.24, 2.45) is 17.6 Å². The molecule has 35 heavy (non-hydrogen) atoms. The van der Waals surface area contributed by atoms with Crippen molar-refractivity contribution in [3.8, 4) is 17.2 Å². The van der Waals surface area contributed by atoms with Gasteiger partial charge in [-0.05, 0) is 62.6 Å². The number of allylic oxidation sites excluding steroid dienone is 1. The van der Waals surface area contributed by atoms with E-state index in [0.29, 0.717) is 41.3 Å². The quantitative estimate of drug-likeness (QED) is 0.423. The van der Waals surface area contributed by atoms with E-state index in [1.54, 1.807) is 6.20 Å². The number of fused-ring (bicyclic) bond motifs is 2. The summed E-state index contributed by atoms with van der Waals surface area (Å²) in [6, 6.07) is 5.71. The summed E-state index contributed by atoms with van der Waals surface area (Å²) in [6.45, 7) is 10.8. The second-order valence-electron chi connectivity index (χ2n) is 9.70. The number of para-hydroxylation sites is 1. The molecular formula is C26H36N6O3. The molecule has 0 spiro atoms. The van der Waals surface area contributed by atoms with E-state index in [2.05, 4.69) is 27.1 Å². The lowest BCUT2D eigenvalue weighted by atomic mass is 9.80. The summed E-state index contributed by atoms with van der Waals surface area (Å²) in [5.74, 6) is 3.07. The molecule has 0 radical (unpaired) electrons. The third-order valence-corrected chi connectivity index (χ3v) is 7.39. The van der Waals surface area contributed by atoms with Crippen LogP contribution in [0.15, 0.2) is 35.8 Å². The van der Waals surface area contributed by atoms with Crippen molar-refractivity contribution in [1.29, 1.82) is 0 Å². The Kier molecular flexibility index (Phi) is 7.36. The van der Waals surface area contributed by atoms with Crippen LogP contribution in [0.4, 0.5) is 11.5 Å². The molecule has 9 nitrogen and oxygen atoms in total. The molecule has 0 unspecified atom stereocenters. The van der Waals surface area contributed by atoms with Crippen LogP contribution >= 0.6 is 0 Å². The molecule has 3 aliphatic rings. The molecule has 2 aliphatic heterocycles. The Balaban J connectivity index is 1.25. The number of hydrogen-bond acceptors (Lipinski definition) is 8. The van der Waals surface area contributed by atoms with Gasteiger partial charge >= 0.3 is 5.69 Å². The number of hydrogen-bond donors (Lipinski definition) is 3. The van der Waals surface area contributed by atoms with Crippen LogP contribution < -0.4 is 31.5 Å². The highest BCUT2D eigenvalue weighted by atomic mass is 16.5. The molecule has 2 fully saturated rings. The number of ether oxygens (including phenoxy) is 2. The van der Waals surface area contributed by atoms with Gasteiger partial charge in [-0.1, -0.05) is 12.6 Å². The van der Waals surface area contributed by atoms with Gasteiger partial charge < -0.3 is 30.7 Å². The van der Waals surface area contributed by atoms with Crippen molar-refractivity contribution >= 4 is 17.2 Å². The third kappa shape index (κ3) is 5.37. The van der Waals surface area contributed by atoms with E-state index < -0.39 is 0 Å². The van der Waals surface area contributed by atoms with Gasteiger partial charge in [0.2, 0.25) is 0 Å². The van der Waals surface area contributed by atoms with Crippen LogP contribution in [0, 0.1) is 11.8 Å². The van der Waals surface area contributed by atoms with Crippen molar-refractivity contribution < 1.29 is 9.47 Å². The van der Waals surface area contributed by atoms with Gasteiger partial charge in [-0.2, -0.15) is 4.98 Å². The Morgan fingerprint density at radius 3 is 2.77 bits per heavy atom. The molecule has 0 bridgehead atoms. The van der Waals surface area contributed by atoms with E-state index in [1.807, 2.05) is 18.2 Å². The van der Waals surface area contributed by atoms with Gasteiger partial charge in [0.05, 0.1) is 12.8 Å². The number of aromatic nitrogens is 2. The summed E-state index contributed by atoms with van der Waals surface area (Å²) in [7, 11) is 0. The van der Waals surface area contributed by atoms with Gasteiger partial charge in [0, 0.05) is 38.4 Å². The zero-order chi connectivity index (χ0) is 24.2. The predicted molar refractivity (Wildman–Crippen MR) is 138 cm³/mol. The second kappa shape index (κ2) is 10.8. The molecular weight excluding hydrogens is 444 g/mol. The Hall–Kier alpha value is -2.88. The van der Waals surface area contributed by atoms with Crippen molar-refractivity contribution in [3.05, 3.63) is 41.5 Å². The number of piperazine rings is 1. The average Bonchev–Trinajstić information content (AvgIpc) is 2.90. The number of rotatable bonds is 8. The van der Waals surface area contributed by atoms with Gasteiger partial charge in [-0.3, -0.25) is 4.57 Å². The molecule has 188 valence electrons. The minimum absolute atomic E-state index is 0.250. The topological polar surface area (TPSA) is 107 Å². The summed E-state index contributed by atoms with van der Waals surface area (Å²) in [6.07, 6.45) is 6.76. The van der Waals surface area contributed by atoms with E-state index in [9.17, 15) is 4.79 Å². The molecule has 1 saturated heterocycles. The van der Waals surface area contributed by atoms with Crippen molar-refractivity contribution in [2.45, 2.75) is 32.1 Å². The molecule has 2 aromatic rings. The van der Waals surface area contributed by atoms with Gasteiger partial charge in [0.15, 0.2) is 17.3 Å². The first kappa shape index (κ1) is 23.8. The van der Waals surface area contributed by atoms with E-state index in [-0.39, 0.29) is 11.6 Å². The van der Waals surface area contributed by atoms with E-state index in [0.717, 1.165) is 77.1 Å². The van der Waals surface area contributed by atoms with Crippen LogP contribution in [0.25, 0.3) is 5.70 Å². The number of nitrogens with one attached hydrogen (secondary N) is 2. The predicted octanol–water partition coefficient (Wildman–Crippen LogP) is 3.00. The van der Waals surface area contributed by atoms with Crippen LogP contribution in [0.2, 0.25) is 0 Å². The van der Waals surface area contributed by atoms with Gasteiger partial charge in [0.1, 0.15) is 11.4 Å². The fourth-order valence-electron chi connectivity index (χ4n) is 5.22. The first-order valence-corrected chi connectivity index (χ1v) is 12.8. The third-order valence-electron chi connectivity index (χ3n) is 7.39. The lowest BCUT2D eigenvalue weighted by Gasteiger charge is -2.30. The van der Waals surface area contributed by atoms with Crippen molar-refractivity contribution in [3.63, 3.8) is 0 Å². The summed E-state index contributed by atoms with van der Waals surface area (Å²) >= 11 is 0. The Labute approximate surface area is 206 Å². The summed E-state index contributed by atoms with van der Waals surface area (Å²) < 4.78 is 13.8. The maximum absolute atomic E-state index is 12.9. The highest BCUT2D eigenvalue weighted by Gasteiger charge is 2.27. The summed E-state index contributed by atoms with van der Waals surface area (Å²) in [5, 5.41) is 6.64. The largest absolute Gasteiger partial charge is 0.491 e. The Bertz CT molecular complexity index is 1100. The normalized spacial score (nSPS) is 21.9. The van der Waals surface area contributed by atoms with Crippen LogP contribution in [-0.4, -0.2) is 60.3 Å².